The van der Waals surface area contributed by atoms with Gasteiger partial charge in [-0.25, -0.2) is 4.39 Å². The summed E-state index contributed by atoms with van der Waals surface area (Å²) in [6.07, 6.45) is -0.223. The summed E-state index contributed by atoms with van der Waals surface area (Å²) in [6, 6.07) is 3.05. The zero-order valence-electron chi connectivity index (χ0n) is 7.02. The molecule has 4 heteroatoms. The summed E-state index contributed by atoms with van der Waals surface area (Å²) in [4.78, 5) is 0. The van der Waals surface area contributed by atoms with Crippen molar-refractivity contribution in [2.45, 2.75) is 19.4 Å². The highest BCUT2D eigenvalue weighted by Crippen LogP contribution is 2.31. The Morgan fingerprint density at radius 3 is 2.77 bits per heavy atom. The van der Waals surface area contributed by atoms with E-state index < -0.39 is 6.10 Å². The molecule has 0 radical (unpaired) electrons. The summed E-state index contributed by atoms with van der Waals surface area (Å²) in [5.41, 5.74) is 0.356. The van der Waals surface area contributed by atoms with Gasteiger partial charge in [-0.3, -0.25) is 0 Å². The Kier molecular flexibility index (Phi) is 4.12. The van der Waals surface area contributed by atoms with Crippen molar-refractivity contribution in [3.05, 3.63) is 31.6 Å². The van der Waals surface area contributed by atoms with Gasteiger partial charge in [-0.05, 0) is 57.1 Å². The summed E-state index contributed by atoms with van der Waals surface area (Å²) < 4.78 is 14.8. The van der Waals surface area contributed by atoms with Crippen molar-refractivity contribution in [3.63, 3.8) is 0 Å². The molecule has 0 fully saturated rings. The topological polar surface area (TPSA) is 20.2 Å². The normalized spacial score (nSPS) is 13.0. The molecule has 1 aromatic carbocycles. The first-order valence-electron chi connectivity index (χ1n) is 3.89. The number of aliphatic hydroxyl groups is 1. The van der Waals surface area contributed by atoms with E-state index in [-0.39, 0.29) is 5.82 Å². The van der Waals surface area contributed by atoms with Gasteiger partial charge in [0.2, 0.25) is 0 Å². The zero-order chi connectivity index (χ0) is 10.0. The monoisotopic (exact) mass is 358 g/mol. The fourth-order valence-corrected chi connectivity index (χ4v) is 2.11. The number of halogens is 3. The van der Waals surface area contributed by atoms with Crippen molar-refractivity contribution in [2.24, 2.45) is 0 Å². The number of hydrogen-bond acceptors (Lipinski definition) is 1. The second kappa shape index (κ2) is 4.70. The van der Waals surface area contributed by atoms with E-state index >= 15 is 0 Å². The van der Waals surface area contributed by atoms with Crippen molar-refractivity contribution >= 4 is 38.5 Å². The van der Waals surface area contributed by atoms with Crippen molar-refractivity contribution < 1.29 is 9.50 Å². The van der Waals surface area contributed by atoms with Crippen LogP contribution in [0.2, 0.25) is 0 Å². The molecule has 1 N–H and O–H groups in total. The Labute approximate surface area is 98.6 Å². The molecule has 0 saturated carbocycles. The smallest absolute Gasteiger partial charge is 0.130 e. The van der Waals surface area contributed by atoms with Gasteiger partial charge in [0.05, 0.1) is 6.10 Å². The Hall–Kier alpha value is 0.320. The Balaban J connectivity index is 3.25. The molecular weight excluding hydrogens is 350 g/mol. The third-order valence-corrected chi connectivity index (χ3v) is 4.29. The van der Waals surface area contributed by atoms with E-state index in [0.29, 0.717) is 16.5 Å². The Morgan fingerprint density at radius 1 is 1.62 bits per heavy atom. The predicted molar refractivity (Wildman–Crippen MR) is 62.1 cm³/mol. The molecule has 0 amide bonds. The lowest BCUT2D eigenvalue weighted by Crippen LogP contribution is -2.01. The number of aliphatic hydroxyl groups excluding tert-OH is 1. The molecule has 1 aromatic rings. The van der Waals surface area contributed by atoms with Gasteiger partial charge < -0.3 is 5.11 Å². The SMILES string of the molecule is CCC(O)c1c(F)ccc(I)c1Br. The lowest BCUT2D eigenvalue weighted by molar-refractivity contribution is 0.168. The van der Waals surface area contributed by atoms with Crippen LogP contribution in [0, 0.1) is 9.39 Å². The largest absolute Gasteiger partial charge is 0.388 e. The molecule has 1 atom stereocenters. The number of benzene rings is 1. The van der Waals surface area contributed by atoms with E-state index in [1.165, 1.54) is 6.07 Å². The summed E-state index contributed by atoms with van der Waals surface area (Å²) in [5.74, 6) is -0.360. The zero-order valence-corrected chi connectivity index (χ0v) is 10.8. The summed E-state index contributed by atoms with van der Waals surface area (Å²) >= 11 is 5.36. The van der Waals surface area contributed by atoms with Crippen LogP contribution < -0.4 is 0 Å². The summed E-state index contributed by atoms with van der Waals surface area (Å²) in [5, 5.41) is 9.54. The van der Waals surface area contributed by atoms with Crippen LogP contribution in [0.15, 0.2) is 16.6 Å². The third kappa shape index (κ3) is 2.41. The van der Waals surface area contributed by atoms with Crippen LogP contribution in [0.5, 0.6) is 0 Å². The van der Waals surface area contributed by atoms with Gasteiger partial charge in [-0.2, -0.15) is 0 Å². The second-order valence-electron chi connectivity index (χ2n) is 2.68. The van der Waals surface area contributed by atoms with Crippen LogP contribution in [-0.4, -0.2) is 5.11 Å². The van der Waals surface area contributed by atoms with Gasteiger partial charge in [0.1, 0.15) is 5.82 Å². The minimum atomic E-state index is -0.732. The number of rotatable bonds is 2. The second-order valence-corrected chi connectivity index (χ2v) is 4.64. The fourth-order valence-electron chi connectivity index (χ4n) is 1.05. The van der Waals surface area contributed by atoms with Crippen LogP contribution >= 0.6 is 38.5 Å². The quantitative estimate of drug-likeness (QED) is 0.632. The Morgan fingerprint density at radius 2 is 2.23 bits per heavy atom. The molecule has 1 unspecified atom stereocenters. The average molecular weight is 359 g/mol. The Bertz CT molecular complexity index is 317. The van der Waals surface area contributed by atoms with E-state index in [4.69, 9.17) is 0 Å². The molecular formula is C9H9BrFIO. The lowest BCUT2D eigenvalue weighted by atomic mass is 10.1. The molecule has 0 bridgehead atoms. The summed E-state index contributed by atoms with van der Waals surface area (Å²) in [7, 11) is 0. The van der Waals surface area contributed by atoms with Crippen molar-refractivity contribution in [1.82, 2.24) is 0 Å². The average Bonchev–Trinajstić information content (AvgIpc) is 2.12. The van der Waals surface area contributed by atoms with Gasteiger partial charge in [0.15, 0.2) is 0 Å². The minimum Gasteiger partial charge on any atom is -0.388 e. The maximum absolute atomic E-state index is 13.3. The van der Waals surface area contributed by atoms with Gasteiger partial charge >= 0.3 is 0 Å². The fraction of sp³-hybridized carbons (Fsp3) is 0.333. The highest BCUT2D eigenvalue weighted by Gasteiger charge is 2.16. The van der Waals surface area contributed by atoms with E-state index in [2.05, 4.69) is 38.5 Å². The maximum atomic E-state index is 13.3. The predicted octanol–water partition coefficient (Wildman–Crippen LogP) is 3.64. The van der Waals surface area contributed by atoms with E-state index in [9.17, 15) is 9.50 Å². The van der Waals surface area contributed by atoms with E-state index in [0.717, 1.165) is 3.57 Å². The first-order valence-corrected chi connectivity index (χ1v) is 5.76. The van der Waals surface area contributed by atoms with Gasteiger partial charge in [-0.1, -0.05) is 6.92 Å². The van der Waals surface area contributed by atoms with Crippen LogP contribution in [0.1, 0.15) is 25.0 Å². The maximum Gasteiger partial charge on any atom is 0.130 e. The van der Waals surface area contributed by atoms with Gasteiger partial charge in [-0.15, -0.1) is 0 Å². The van der Waals surface area contributed by atoms with Gasteiger partial charge in [0.25, 0.3) is 0 Å². The van der Waals surface area contributed by atoms with E-state index in [1.807, 2.05) is 6.92 Å². The van der Waals surface area contributed by atoms with E-state index in [1.54, 1.807) is 6.07 Å². The molecule has 13 heavy (non-hydrogen) atoms. The third-order valence-electron chi connectivity index (χ3n) is 1.80. The van der Waals surface area contributed by atoms with Crippen LogP contribution in [0.3, 0.4) is 0 Å². The number of hydrogen-bond donors (Lipinski definition) is 1. The molecule has 0 aliphatic heterocycles. The molecule has 0 aromatic heterocycles. The molecule has 0 aliphatic rings. The first-order chi connectivity index (χ1) is 6.07. The molecule has 1 nitrogen and oxygen atoms in total. The molecule has 0 spiro atoms. The molecule has 72 valence electrons. The molecule has 0 saturated heterocycles. The van der Waals surface area contributed by atoms with Crippen molar-refractivity contribution in [2.75, 3.05) is 0 Å². The minimum absolute atomic E-state index is 0.356. The van der Waals surface area contributed by atoms with Crippen molar-refractivity contribution in [1.29, 1.82) is 0 Å². The molecule has 1 rings (SSSR count). The van der Waals surface area contributed by atoms with Crippen LogP contribution in [0.4, 0.5) is 4.39 Å². The van der Waals surface area contributed by atoms with Gasteiger partial charge in [0, 0.05) is 13.6 Å². The first kappa shape index (κ1) is 11.4. The molecule has 0 heterocycles. The van der Waals surface area contributed by atoms with Crippen molar-refractivity contribution in [3.8, 4) is 0 Å². The lowest BCUT2D eigenvalue weighted by Gasteiger charge is -2.12. The molecule has 0 aliphatic carbocycles. The standard InChI is InChI=1S/C9H9BrFIO/c1-2-7(13)8-5(11)3-4-6(12)9(8)10/h3-4,7,13H,2H2,1H3. The van der Waals surface area contributed by atoms with Crippen LogP contribution in [0.25, 0.3) is 0 Å². The van der Waals surface area contributed by atoms with Crippen LogP contribution in [-0.2, 0) is 0 Å². The highest BCUT2D eigenvalue weighted by molar-refractivity contribution is 14.1. The highest BCUT2D eigenvalue weighted by atomic mass is 127. The summed E-state index contributed by atoms with van der Waals surface area (Å²) in [6.45, 7) is 1.82.